The van der Waals surface area contributed by atoms with Crippen molar-refractivity contribution >= 4 is 57.4 Å². The van der Waals surface area contributed by atoms with E-state index >= 15 is 0 Å². The van der Waals surface area contributed by atoms with Gasteiger partial charge in [-0.2, -0.15) is 0 Å². The number of hydrogen-bond acceptors (Lipinski definition) is 5. The Morgan fingerprint density at radius 1 is 0.973 bits per heavy atom. The average Bonchev–Trinajstić information content (AvgIpc) is 3.33. The highest BCUT2D eigenvalue weighted by atomic mass is 35.5. The Balaban J connectivity index is 1.12. The predicted octanol–water partition coefficient (Wildman–Crippen LogP) is 6.03. The van der Waals surface area contributed by atoms with Crippen molar-refractivity contribution in [2.24, 2.45) is 0 Å². The van der Waals surface area contributed by atoms with Crippen LogP contribution in [0.25, 0.3) is 11.0 Å². The molecule has 0 atom stereocenters. The van der Waals surface area contributed by atoms with Crippen LogP contribution in [0.15, 0.2) is 71.1 Å². The molecule has 0 bridgehead atoms. The molecule has 4 aromatic rings. The number of amides is 2. The van der Waals surface area contributed by atoms with Gasteiger partial charge in [0.25, 0.3) is 11.8 Å². The monoisotopic (exact) mass is 537 g/mol. The number of ether oxygens (including phenoxy) is 1. The number of rotatable bonds is 6. The molecule has 190 valence electrons. The molecule has 2 heterocycles. The molecule has 0 unspecified atom stereocenters. The summed E-state index contributed by atoms with van der Waals surface area (Å²) in [5.74, 6) is 0.420. The molecular formula is C28H25Cl2N3O4. The number of halogens is 2. The second-order valence-electron chi connectivity index (χ2n) is 8.85. The summed E-state index contributed by atoms with van der Waals surface area (Å²) in [4.78, 5) is 29.3. The molecule has 3 aromatic carbocycles. The van der Waals surface area contributed by atoms with E-state index in [2.05, 4.69) is 10.2 Å². The third-order valence-corrected chi connectivity index (χ3v) is 6.76. The van der Waals surface area contributed by atoms with E-state index in [-0.39, 0.29) is 18.4 Å². The molecule has 37 heavy (non-hydrogen) atoms. The molecule has 1 saturated heterocycles. The van der Waals surface area contributed by atoms with Gasteiger partial charge >= 0.3 is 0 Å². The van der Waals surface area contributed by atoms with Crippen LogP contribution in [-0.2, 0) is 4.79 Å². The number of piperazine rings is 1. The van der Waals surface area contributed by atoms with Crippen molar-refractivity contribution in [2.45, 2.75) is 6.92 Å². The summed E-state index contributed by atoms with van der Waals surface area (Å²) in [6.07, 6.45) is 0. The van der Waals surface area contributed by atoms with Gasteiger partial charge in [0.05, 0.1) is 5.02 Å². The van der Waals surface area contributed by atoms with Crippen LogP contribution in [0.3, 0.4) is 0 Å². The number of carbonyl (C=O) groups is 2. The van der Waals surface area contributed by atoms with Gasteiger partial charge in [-0.3, -0.25) is 9.59 Å². The third kappa shape index (κ3) is 5.68. The van der Waals surface area contributed by atoms with E-state index in [0.29, 0.717) is 59.0 Å². The number of nitrogens with one attached hydrogen (secondary N) is 1. The summed E-state index contributed by atoms with van der Waals surface area (Å²) in [6, 6.07) is 20.3. The minimum atomic E-state index is -0.295. The van der Waals surface area contributed by atoms with Crippen LogP contribution >= 0.6 is 23.2 Å². The number of aryl methyl sites for hydroxylation is 1. The quantitative estimate of drug-likeness (QED) is 0.325. The van der Waals surface area contributed by atoms with Crippen LogP contribution in [0.4, 0.5) is 11.4 Å². The first-order valence-electron chi connectivity index (χ1n) is 11.9. The molecule has 1 N–H and O–H groups in total. The molecule has 0 spiro atoms. The Kier molecular flexibility index (Phi) is 7.26. The number of para-hydroxylation sites is 1. The number of anilines is 2. The van der Waals surface area contributed by atoms with Crippen LogP contribution in [-0.4, -0.2) is 49.5 Å². The third-order valence-electron chi connectivity index (χ3n) is 6.26. The Morgan fingerprint density at radius 2 is 1.70 bits per heavy atom. The van der Waals surface area contributed by atoms with E-state index in [1.165, 1.54) is 0 Å². The molecule has 2 amide bonds. The van der Waals surface area contributed by atoms with E-state index in [0.717, 1.165) is 16.6 Å². The molecule has 0 saturated carbocycles. The lowest BCUT2D eigenvalue weighted by atomic mass is 10.2. The first-order valence-corrected chi connectivity index (χ1v) is 12.6. The van der Waals surface area contributed by atoms with Gasteiger partial charge in [-0.1, -0.05) is 41.4 Å². The molecule has 1 aliphatic heterocycles. The van der Waals surface area contributed by atoms with Gasteiger partial charge in [-0.05, 0) is 61.0 Å². The van der Waals surface area contributed by atoms with E-state index in [9.17, 15) is 9.59 Å². The van der Waals surface area contributed by atoms with Crippen molar-refractivity contribution in [2.75, 3.05) is 43.0 Å². The maximum absolute atomic E-state index is 12.9. The summed E-state index contributed by atoms with van der Waals surface area (Å²) < 4.78 is 11.3. The van der Waals surface area contributed by atoms with Gasteiger partial charge in [0, 0.05) is 48.0 Å². The predicted molar refractivity (Wildman–Crippen MR) is 146 cm³/mol. The lowest BCUT2D eigenvalue weighted by molar-refractivity contribution is -0.118. The highest BCUT2D eigenvalue weighted by molar-refractivity contribution is 6.35. The zero-order chi connectivity index (χ0) is 25.9. The highest BCUT2D eigenvalue weighted by Gasteiger charge is 2.24. The molecule has 0 radical (unpaired) electrons. The van der Waals surface area contributed by atoms with Crippen LogP contribution in [0.2, 0.25) is 10.0 Å². The van der Waals surface area contributed by atoms with Crippen molar-refractivity contribution < 1.29 is 18.7 Å². The molecule has 1 aromatic heterocycles. The van der Waals surface area contributed by atoms with Crippen LogP contribution in [0, 0.1) is 6.92 Å². The Hall–Kier alpha value is -3.68. The standard InChI is InChI=1S/C28H25Cl2N3O4/c1-18-14-20(29)16-23(30)27(18)36-17-26(34)31-21-6-8-22(9-7-21)32-10-12-33(13-11-32)28(35)25-15-19-4-2-3-5-24(19)37-25/h2-9,14-16H,10-13,17H2,1H3,(H,31,34). The van der Waals surface area contributed by atoms with Crippen LogP contribution < -0.4 is 15.0 Å². The fourth-order valence-corrected chi connectivity index (χ4v) is 5.02. The lowest BCUT2D eigenvalue weighted by Crippen LogP contribution is -2.48. The zero-order valence-corrected chi connectivity index (χ0v) is 21.7. The Labute approximate surface area is 224 Å². The summed E-state index contributed by atoms with van der Waals surface area (Å²) >= 11 is 12.1. The summed E-state index contributed by atoms with van der Waals surface area (Å²) in [5, 5.41) is 4.63. The van der Waals surface area contributed by atoms with Gasteiger partial charge < -0.3 is 24.3 Å². The Morgan fingerprint density at radius 3 is 2.41 bits per heavy atom. The van der Waals surface area contributed by atoms with Crippen molar-refractivity contribution in [3.05, 3.63) is 88.1 Å². The molecular weight excluding hydrogens is 513 g/mol. The van der Waals surface area contributed by atoms with Crippen LogP contribution in [0.1, 0.15) is 16.1 Å². The number of fused-ring (bicyclic) bond motifs is 1. The smallest absolute Gasteiger partial charge is 0.289 e. The summed E-state index contributed by atoms with van der Waals surface area (Å²) in [5.41, 5.74) is 3.16. The van der Waals surface area contributed by atoms with E-state index < -0.39 is 0 Å². The molecule has 1 aliphatic rings. The van der Waals surface area contributed by atoms with Crippen molar-refractivity contribution in [1.29, 1.82) is 0 Å². The van der Waals surface area contributed by atoms with Gasteiger partial charge in [-0.15, -0.1) is 0 Å². The number of hydrogen-bond donors (Lipinski definition) is 1. The zero-order valence-electron chi connectivity index (χ0n) is 20.2. The van der Waals surface area contributed by atoms with Gasteiger partial charge in [0.15, 0.2) is 12.4 Å². The minimum Gasteiger partial charge on any atom is -0.482 e. The molecule has 0 aliphatic carbocycles. The van der Waals surface area contributed by atoms with Gasteiger partial charge in [0.1, 0.15) is 11.3 Å². The average molecular weight is 538 g/mol. The fraction of sp³-hybridized carbons (Fsp3) is 0.214. The molecule has 5 rings (SSSR count). The number of benzene rings is 3. The highest BCUT2D eigenvalue weighted by Crippen LogP contribution is 2.32. The SMILES string of the molecule is Cc1cc(Cl)cc(Cl)c1OCC(=O)Nc1ccc(N2CCN(C(=O)c3cc4ccccc4o3)CC2)cc1. The number of furan rings is 1. The van der Waals surface area contributed by atoms with E-state index in [4.69, 9.17) is 32.4 Å². The first kappa shape index (κ1) is 25.0. The largest absolute Gasteiger partial charge is 0.482 e. The molecule has 9 heteroatoms. The second-order valence-corrected chi connectivity index (χ2v) is 9.69. The van der Waals surface area contributed by atoms with E-state index in [1.54, 1.807) is 18.2 Å². The van der Waals surface area contributed by atoms with Crippen molar-refractivity contribution in [3.8, 4) is 5.75 Å². The minimum absolute atomic E-state index is 0.0915. The van der Waals surface area contributed by atoms with Crippen molar-refractivity contribution in [3.63, 3.8) is 0 Å². The Bertz CT molecular complexity index is 1390. The fourth-order valence-electron chi connectivity index (χ4n) is 4.37. The van der Waals surface area contributed by atoms with Crippen LogP contribution in [0.5, 0.6) is 5.75 Å². The molecule has 7 nitrogen and oxygen atoms in total. The van der Waals surface area contributed by atoms with Gasteiger partial charge in [0.2, 0.25) is 0 Å². The first-order chi connectivity index (χ1) is 17.9. The lowest BCUT2D eigenvalue weighted by Gasteiger charge is -2.35. The normalized spacial score (nSPS) is 13.6. The maximum Gasteiger partial charge on any atom is 0.289 e. The number of nitrogens with zero attached hydrogens (tertiary/aromatic N) is 2. The van der Waals surface area contributed by atoms with E-state index in [1.807, 2.05) is 60.4 Å². The number of carbonyl (C=O) groups excluding carboxylic acids is 2. The maximum atomic E-state index is 12.9. The van der Waals surface area contributed by atoms with Gasteiger partial charge in [-0.25, -0.2) is 0 Å². The second kappa shape index (κ2) is 10.7. The summed E-state index contributed by atoms with van der Waals surface area (Å²) in [6.45, 7) is 4.24. The topological polar surface area (TPSA) is 75.0 Å². The molecule has 1 fully saturated rings. The van der Waals surface area contributed by atoms with Crippen molar-refractivity contribution in [1.82, 2.24) is 4.90 Å². The summed E-state index contributed by atoms with van der Waals surface area (Å²) in [7, 11) is 0.